The first kappa shape index (κ1) is 14.4. The summed E-state index contributed by atoms with van der Waals surface area (Å²) in [7, 11) is -4.01. The molecular weight excluding hydrogens is 278 g/mol. The van der Waals surface area contributed by atoms with Gasteiger partial charge in [0.1, 0.15) is 0 Å². The molecule has 1 aromatic heterocycles. The van der Waals surface area contributed by atoms with Gasteiger partial charge in [-0.3, -0.25) is 5.10 Å². The topological polar surface area (TPSA) is 86.9 Å². The fraction of sp³-hybridized carbons (Fsp3) is 0.700. The van der Waals surface area contributed by atoms with Gasteiger partial charge in [-0.1, -0.05) is 0 Å². The van der Waals surface area contributed by atoms with Gasteiger partial charge in [0.05, 0.1) is 6.54 Å². The third-order valence-electron chi connectivity index (χ3n) is 2.86. The van der Waals surface area contributed by atoms with E-state index < -0.39 is 23.0 Å². The molecule has 1 aliphatic carbocycles. The van der Waals surface area contributed by atoms with Gasteiger partial charge in [0.15, 0.2) is 5.03 Å². The van der Waals surface area contributed by atoms with E-state index in [4.69, 9.17) is 0 Å². The standard InChI is InChI=1S/C10H16F2N4O2S/c1-6-8(4-13-7-2-3-7)10(16-15-6)19(17,18)14-5-9(11)12/h7,9,13-14H,2-5H2,1H3,(H,15,16). The minimum absolute atomic E-state index is 0.209. The van der Waals surface area contributed by atoms with Crippen LogP contribution in [0, 0.1) is 6.92 Å². The molecule has 1 aromatic rings. The molecule has 0 bridgehead atoms. The third-order valence-corrected chi connectivity index (χ3v) is 4.26. The zero-order valence-corrected chi connectivity index (χ0v) is 11.2. The maximum atomic E-state index is 12.1. The van der Waals surface area contributed by atoms with Crippen molar-refractivity contribution >= 4 is 10.0 Å². The number of H-pyrrole nitrogens is 1. The molecule has 0 unspecified atom stereocenters. The molecule has 0 atom stereocenters. The van der Waals surface area contributed by atoms with Crippen molar-refractivity contribution in [2.24, 2.45) is 0 Å². The van der Waals surface area contributed by atoms with Gasteiger partial charge in [-0.05, 0) is 19.8 Å². The second-order valence-corrected chi connectivity index (χ2v) is 6.21. The van der Waals surface area contributed by atoms with Gasteiger partial charge >= 0.3 is 0 Å². The average Bonchev–Trinajstić information content (AvgIpc) is 3.08. The van der Waals surface area contributed by atoms with Gasteiger partial charge in [0, 0.05) is 23.8 Å². The van der Waals surface area contributed by atoms with E-state index in [0.717, 1.165) is 12.8 Å². The summed E-state index contributed by atoms with van der Waals surface area (Å²) in [4.78, 5) is 0. The van der Waals surface area contributed by atoms with Crippen molar-refractivity contribution in [2.75, 3.05) is 6.54 Å². The Bertz CT molecular complexity index is 540. The maximum Gasteiger partial charge on any atom is 0.260 e. The van der Waals surface area contributed by atoms with E-state index >= 15 is 0 Å². The first-order chi connectivity index (χ1) is 8.90. The lowest BCUT2D eigenvalue weighted by Gasteiger charge is -2.07. The minimum atomic E-state index is -4.01. The Labute approximate surface area is 110 Å². The molecule has 6 nitrogen and oxygen atoms in total. The van der Waals surface area contributed by atoms with E-state index in [1.807, 2.05) is 4.72 Å². The Hall–Kier alpha value is -1.06. The van der Waals surface area contributed by atoms with E-state index in [9.17, 15) is 17.2 Å². The highest BCUT2D eigenvalue weighted by Crippen LogP contribution is 2.21. The summed E-state index contributed by atoms with van der Waals surface area (Å²) in [5.74, 6) is 0. The number of halogens is 2. The Morgan fingerprint density at radius 2 is 2.16 bits per heavy atom. The molecule has 19 heavy (non-hydrogen) atoms. The molecule has 9 heteroatoms. The predicted molar refractivity (Wildman–Crippen MR) is 64.4 cm³/mol. The van der Waals surface area contributed by atoms with Gasteiger partial charge in [0.25, 0.3) is 16.4 Å². The van der Waals surface area contributed by atoms with Crippen molar-refractivity contribution in [3.8, 4) is 0 Å². The number of hydrogen-bond donors (Lipinski definition) is 3. The highest BCUT2D eigenvalue weighted by Gasteiger charge is 2.26. The summed E-state index contributed by atoms with van der Waals surface area (Å²) in [5.41, 5.74) is 1.11. The van der Waals surface area contributed by atoms with E-state index in [1.54, 1.807) is 6.92 Å². The van der Waals surface area contributed by atoms with Gasteiger partial charge in [-0.15, -0.1) is 0 Å². The van der Waals surface area contributed by atoms with Crippen molar-refractivity contribution in [2.45, 2.75) is 43.8 Å². The van der Waals surface area contributed by atoms with E-state index in [-0.39, 0.29) is 5.03 Å². The second kappa shape index (κ2) is 5.51. The first-order valence-electron chi connectivity index (χ1n) is 5.95. The van der Waals surface area contributed by atoms with Crippen molar-refractivity contribution in [1.82, 2.24) is 20.2 Å². The highest BCUT2D eigenvalue weighted by atomic mass is 32.2. The van der Waals surface area contributed by atoms with E-state index in [1.165, 1.54) is 0 Å². The van der Waals surface area contributed by atoms with Crippen LogP contribution in [0.5, 0.6) is 0 Å². The Morgan fingerprint density at radius 1 is 1.47 bits per heavy atom. The lowest BCUT2D eigenvalue weighted by Crippen LogP contribution is -2.30. The fourth-order valence-electron chi connectivity index (χ4n) is 1.64. The maximum absolute atomic E-state index is 12.1. The molecule has 1 saturated carbocycles. The summed E-state index contributed by atoms with van der Waals surface area (Å²) < 4.78 is 49.8. The van der Waals surface area contributed by atoms with Crippen molar-refractivity contribution in [1.29, 1.82) is 0 Å². The summed E-state index contributed by atoms with van der Waals surface area (Å²) in [6.45, 7) is 1.14. The van der Waals surface area contributed by atoms with Crippen LogP contribution in [0.2, 0.25) is 0 Å². The Kier molecular flexibility index (Phi) is 4.16. The molecule has 0 amide bonds. The Balaban J connectivity index is 2.13. The molecule has 0 aliphatic heterocycles. The van der Waals surface area contributed by atoms with Gasteiger partial charge in [-0.2, -0.15) is 5.10 Å². The quantitative estimate of drug-likeness (QED) is 0.684. The lowest BCUT2D eigenvalue weighted by atomic mass is 10.2. The fourth-order valence-corrected chi connectivity index (χ4v) is 2.83. The largest absolute Gasteiger partial charge is 0.310 e. The smallest absolute Gasteiger partial charge is 0.260 e. The number of aromatic amines is 1. The number of nitrogens with one attached hydrogen (secondary N) is 3. The van der Waals surface area contributed by atoms with Crippen molar-refractivity contribution in [3.05, 3.63) is 11.3 Å². The van der Waals surface area contributed by atoms with Gasteiger partial charge in [-0.25, -0.2) is 21.9 Å². The molecule has 1 heterocycles. The van der Waals surface area contributed by atoms with Crippen LogP contribution >= 0.6 is 0 Å². The number of sulfonamides is 1. The zero-order chi connectivity index (χ0) is 14.0. The van der Waals surface area contributed by atoms with Crippen LogP contribution in [0.15, 0.2) is 5.03 Å². The summed E-state index contributed by atoms with van der Waals surface area (Å²) in [6.07, 6.45) is -0.589. The third kappa shape index (κ3) is 3.71. The van der Waals surface area contributed by atoms with Crippen LogP contribution in [0.4, 0.5) is 8.78 Å². The van der Waals surface area contributed by atoms with Crippen LogP contribution in [0.25, 0.3) is 0 Å². The number of nitrogens with zero attached hydrogens (tertiary/aromatic N) is 1. The first-order valence-corrected chi connectivity index (χ1v) is 7.43. The number of hydrogen-bond acceptors (Lipinski definition) is 4. The monoisotopic (exact) mass is 294 g/mol. The predicted octanol–water partition coefficient (Wildman–Crippen LogP) is 0.514. The SMILES string of the molecule is Cc1[nH]nc(S(=O)(=O)NCC(F)F)c1CNC1CC1. The van der Waals surface area contributed by atoms with Crippen LogP contribution in [-0.4, -0.2) is 37.6 Å². The second-order valence-electron chi connectivity index (χ2n) is 4.53. The minimum Gasteiger partial charge on any atom is -0.310 e. The molecule has 3 N–H and O–H groups in total. The van der Waals surface area contributed by atoms with Crippen molar-refractivity contribution < 1.29 is 17.2 Å². The summed E-state index contributed by atoms with van der Waals surface area (Å²) in [6, 6.07) is 0.416. The lowest BCUT2D eigenvalue weighted by molar-refractivity contribution is 0.153. The Morgan fingerprint density at radius 3 is 2.74 bits per heavy atom. The van der Waals surface area contributed by atoms with Gasteiger partial charge in [0.2, 0.25) is 0 Å². The molecule has 0 radical (unpaired) electrons. The summed E-state index contributed by atoms with van der Waals surface area (Å²) >= 11 is 0. The molecule has 0 spiro atoms. The normalized spacial score (nSPS) is 16.2. The average molecular weight is 294 g/mol. The van der Waals surface area contributed by atoms with E-state index in [2.05, 4.69) is 15.5 Å². The molecule has 0 saturated heterocycles. The van der Waals surface area contributed by atoms with Crippen LogP contribution in [0.1, 0.15) is 24.1 Å². The molecule has 1 fully saturated rings. The molecule has 2 rings (SSSR count). The molecular formula is C10H16F2N4O2S. The highest BCUT2D eigenvalue weighted by molar-refractivity contribution is 7.89. The summed E-state index contributed by atoms with van der Waals surface area (Å²) in [5, 5.41) is 9.25. The number of alkyl halides is 2. The van der Waals surface area contributed by atoms with Gasteiger partial charge < -0.3 is 5.32 Å². The van der Waals surface area contributed by atoms with Crippen LogP contribution in [0.3, 0.4) is 0 Å². The van der Waals surface area contributed by atoms with Crippen molar-refractivity contribution in [3.63, 3.8) is 0 Å². The number of aromatic nitrogens is 2. The van der Waals surface area contributed by atoms with Crippen LogP contribution < -0.4 is 10.0 Å². The molecule has 108 valence electrons. The zero-order valence-electron chi connectivity index (χ0n) is 10.4. The number of aryl methyl sites for hydroxylation is 1. The molecule has 1 aliphatic rings. The molecule has 0 aromatic carbocycles. The number of rotatable bonds is 7. The van der Waals surface area contributed by atoms with E-state index in [0.29, 0.717) is 23.8 Å². The van der Waals surface area contributed by atoms with Crippen LogP contribution in [-0.2, 0) is 16.6 Å².